The Morgan fingerprint density at radius 3 is 2.35 bits per heavy atom. The van der Waals surface area contributed by atoms with Gasteiger partial charge in [-0.2, -0.15) is 0 Å². The van der Waals surface area contributed by atoms with Crippen molar-refractivity contribution in [3.63, 3.8) is 0 Å². The summed E-state index contributed by atoms with van der Waals surface area (Å²) < 4.78 is 0. The molecule has 3 fully saturated rings. The molecule has 17 heavy (non-hydrogen) atoms. The van der Waals surface area contributed by atoms with Crippen molar-refractivity contribution in [3.8, 4) is 0 Å². The predicted octanol–water partition coefficient (Wildman–Crippen LogP) is 3.98. The van der Waals surface area contributed by atoms with Gasteiger partial charge in [-0.05, 0) is 54.8 Å². The van der Waals surface area contributed by atoms with Crippen LogP contribution in [0.5, 0.6) is 0 Å². The van der Waals surface area contributed by atoms with Gasteiger partial charge in [0.1, 0.15) is 0 Å². The van der Waals surface area contributed by atoms with Gasteiger partial charge in [0.05, 0.1) is 0 Å². The summed E-state index contributed by atoms with van der Waals surface area (Å²) in [5, 5.41) is 4.09. The molecule has 3 aliphatic rings. The third-order valence-corrected chi connectivity index (χ3v) is 6.51. The fourth-order valence-electron chi connectivity index (χ4n) is 5.33. The van der Waals surface area contributed by atoms with Crippen LogP contribution in [0.25, 0.3) is 0 Å². The highest BCUT2D eigenvalue weighted by Crippen LogP contribution is 2.62. The van der Waals surface area contributed by atoms with E-state index in [0.29, 0.717) is 10.8 Å². The monoisotopic (exact) mass is 235 g/mol. The summed E-state index contributed by atoms with van der Waals surface area (Å²) in [6, 6.07) is 1.56. The van der Waals surface area contributed by atoms with E-state index >= 15 is 0 Å². The summed E-state index contributed by atoms with van der Waals surface area (Å²) in [4.78, 5) is 0. The highest BCUT2D eigenvalue weighted by atomic mass is 15.0. The van der Waals surface area contributed by atoms with E-state index in [1.807, 2.05) is 0 Å². The molecule has 0 aliphatic heterocycles. The summed E-state index contributed by atoms with van der Waals surface area (Å²) in [6.45, 7) is 10.0. The van der Waals surface area contributed by atoms with E-state index in [2.05, 4.69) is 33.0 Å². The minimum atomic E-state index is 0.523. The molecule has 0 spiro atoms. The lowest BCUT2D eigenvalue weighted by atomic mass is 9.68. The Morgan fingerprint density at radius 2 is 1.82 bits per heavy atom. The lowest BCUT2D eigenvalue weighted by molar-refractivity contribution is 0.0938. The van der Waals surface area contributed by atoms with Crippen LogP contribution in [0.1, 0.15) is 66.2 Å². The van der Waals surface area contributed by atoms with Crippen molar-refractivity contribution >= 4 is 0 Å². The first kappa shape index (κ1) is 12.0. The van der Waals surface area contributed by atoms with Gasteiger partial charge < -0.3 is 5.32 Å². The molecule has 0 aromatic rings. The van der Waals surface area contributed by atoms with E-state index in [9.17, 15) is 0 Å². The summed E-state index contributed by atoms with van der Waals surface area (Å²) >= 11 is 0. The zero-order valence-corrected chi connectivity index (χ0v) is 12.1. The molecule has 3 saturated carbocycles. The maximum atomic E-state index is 4.09. The van der Waals surface area contributed by atoms with E-state index in [4.69, 9.17) is 0 Å². The van der Waals surface area contributed by atoms with Gasteiger partial charge in [-0.15, -0.1) is 0 Å². The summed E-state index contributed by atoms with van der Waals surface area (Å²) in [7, 11) is 0. The van der Waals surface area contributed by atoms with E-state index in [1.54, 1.807) is 0 Å². The Hall–Kier alpha value is -0.0400. The third-order valence-electron chi connectivity index (χ3n) is 6.51. The molecule has 1 nitrogen and oxygen atoms in total. The summed E-state index contributed by atoms with van der Waals surface area (Å²) in [6.07, 6.45) is 8.69. The molecule has 0 amide bonds. The van der Waals surface area contributed by atoms with Crippen molar-refractivity contribution in [1.29, 1.82) is 0 Å². The molecule has 3 aliphatic carbocycles. The number of hydrogen-bond acceptors (Lipinski definition) is 1. The first-order chi connectivity index (χ1) is 7.93. The zero-order valence-electron chi connectivity index (χ0n) is 12.1. The molecule has 0 radical (unpaired) electrons. The minimum absolute atomic E-state index is 0.523. The van der Waals surface area contributed by atoms with Crippen LogP contribution in [-0.4, -0.2) is 12.1 Å². The van der Waals surface area contributed by atoms with E-state index in [1.165, 1.54) is 38.5 Å². The van der Waals surface area contributed by atoms with Crippen LogP contribution in [0, 0.1) is 22.7 Å². The van der Waals surface area contributed by atoms with Gasteiger partial charge in [0.2, 0.25) is 0 Å². The predicted molar refractivity (Wildman–Crippen MR) is 73.0 cm³/mol. The number of hydrogen-bond donors (Lipinski definition) is 1. The zero-order chi connectivity index (χ0) is 12.3. The van der Waals surface area contributed by atoms with Crippen molar-refractivity contribution in [2.75, 3.05) is 0 Å². The fourth-order valence-corrected chi connectivity index (χ4v) is 5.33. The van der Waals surface area contributed by atoms with Crippen molar-refractivity contribution < 1.29 is 0 Å². The Kier molecular flexibility index (Phi) is 2.63. The lowest BCUT2D eigenvalue weighted by Gasteiger charge is -2.45. The first-order valence-electron chi connectivity index (χ1n) is 7.69. The van der Waals surface area contributed by atoms with Gasteiger partial charge in [-0.1, -0.05) is 34.1 Å². The molecule has 0 aromatic carbocycles. The molecule has 3 rings (SSSR count). The summed E-state index contributed by atoms with van der Waals surface area (Å²) in [5.74, 6) is 1.87. The van der Waals surface area contributed by atoms with E-state index in [0.717, 1.165) is 23.9 Å². The topological polar surface area (TPSA) is 12.0 Å². The van der Waals surface area contributed by atoms with E-state index < -0.39 is 0 Å². The molecule has 5 unspecified atom stereocenters. The molecule has 1 heteroatoms. The van der Waals surface area contributed by atoms with Crippen LogP contribution in [0.3, 0.4) is 0 Å². The Labute approximate surface area is 107 Å². The average molecular weight is 235 g/mol. The normalized spacial score (nSPS) is 52.2. The van der Waals surface area contributed by atoms with Crippen LogP contribution >= 0.6 is 0 Å². The quantitative estimate of drug-likeness (QED) is 0.763. The van der Waals surface area contributed by atoms with Crippen LogP contribution in [0.2, 0.25) is 0 Å². The number of nitrogens with one attached hydrogen (secondary N) is 1. The van der Waals surface area contributed by atoms with Gasteiger partial charge in [0.15, 0.2) is 0 Å². The second kappa shape index (κ2) is 3.73. The standard InChI is InChI=1S/C16H29N/c1-11-6-5-7-13(11)17-14-15(2,3)12-8-9-16(14,4)10-12/h11-14,17H,5-10H2,1-4H3. The summed E-state index contributed by atoms with van der Waals surface area (Å²) in [5.41, 5.74) is 1.12. The maximum absolute atomic E-state index is 4.09. The SMILES string of the molecule is CC1CCCC1NC1C2(C)CCC(C2)C1(C)C. The largest absolute Gasteiger partial charge is 0.310 e. The van der Waals surface area contributed by atoms with Crippen LogP contribution in [0.15, 0.2) is 0 Å². The minimum Gasteiger partial charge on any atom is -0.310 e. The molecular formula is C16H29N. The number of rotatable bonds is 2. The molecule has 0 saturated heterocycles. The highest BCUT2D eigenvalue weighted by molar-refractivity contribution is 5.12. The Bertz CT molecular complexity index is 304. The van der Waals surface area contributed by atoms with Crippen molar-refractivity contribution in [2.24, 2.45) is 22.7 Å². The third kappa shape index (κ3) is 1.69. The van der Waals surface area contributed by atoms with Crippen LogP contribution in [0.4, 0.5) is 0 Å². The van der Waals surface area contributed by atoms with Crippen molar-refractivity contribution in [1.82, 2.24) is 5.32 Å². The van der Waals surface area contributed by atoms with Crippen molar-refractivity contribution in [2.45, 2.75) is 78.3 Å². The molecular weight excluding hydrogens is 206 g/mol. The maximum Gasteiger partial charge on any atom is 0.0177 e. The van der Waals surface area contributed by atoms with Gasteiger partial charge >= 0.3 is 0 Å². The van der Waals surface area contributed by atoms with Crippen LogP contribution in [-0.2, 0) is 0 Å². The molecule has 2 bridgehead atoms. The molecule has 0 heterocycles. The molecule has 5 atom stereocenters. The Morgan fingerprint density at radius 1 is 1.06 bits per heavy atom. The van der Waals surface area contributed by atoms with Crippen LogP contribution < -0.4 is 5.32 Å². The average Bonchev–Trinajstić information content (AvgIpc) is 2.85. The molecule has 0 aromatic heterocycles. The highest BCUT2D eigenvalue weighted by Gasteiger charge is 2.59. The molecule has 98 valence electrons. The van der Waals surface area contributed by atoms with E-state index in [-0.39, 0.29) is 0 Å². The fraction of sp³-hybridized carbons (Fsp3) is 1.00. The first-order valence-corrected chi connectivity index (χ1v) is 7.69. The second-order valence-electron chi connectivity index (χ2n) is 8.03. The van der Waals surface area contributed by atoms with Gasteiger partial charge in [-0.25, -0.2) is 0 Å². The Balaban J connectivity index is 1.77. The lowest BCUT2D eigenvalue weighted by Crippen LogP contribution is -2.54. The smallest absolute Gasteiger partial charge is 0.0177 e. The van der Waals surface area contributed by atoms with Crippen molar-refractivity contribution in [3.05, 3.63) is 0 Å². The molecule has 1 N–H and O–H groups in total. The second-order valence-corrected chi connectivity index (χ2v) is 8.03. The number of fused-ring (bicyclic) bond motifs is 2. The van der Waals surface area contributed by atoms with Gasteiger partial charge in [-0.3, -0.25) is 0 Å². The van der Waals surface area contributed by atoms with Gasteiger partial charge in [0, 0.05) is 12.1 Å². The van der Waals surface area contributed by atoms with Gasteiger partial charge in [0.25, 0.3) is 0 Å².